The fraction of sp³-hybridized carbons (Fsp3) is 0.600. The molecule has 10 heteroatoms. The van der Waals surface area contributed by atoms with Crippen molar-refractivity contribution >= 4 is 11.9 Å². The molecule has 0 N–H and O–H groups in total. The van der Waals surface area contributed by atoms with E-state index in [9.17, 15) is 13.2 Å². The van der Waals surface area contributed by atoms with E-state index in [4.69, 9.17) is 4.74 Å². The maximum absolute atomic E-state index is 13.7. The van der Waals surface area contributed by atoms with E-state index in [1.807, 2.05) is 4.90 Å². The number of nitrogens with zero attached hydrogens (tertiary/aromatic N) is 6. The molecule has 0 unspecified atom stereocenters. The summed E-state index contributed by atoms with van der Waals surface area (Å²) in [6.45, 7) is 5.32. The van der Waals surface area contributed by atoms with E-state index in [2.05, 4.69) is 24.8 Å². The van der Waals surface area contributed by atoms with E-state index < -0.39 is 11.7 Å². The predicted octanol–water partition coefficient (Wildman–Crippen LogP) is 3.48. The van der Waals surface area contributed by atoms with Crippen LogP contribution in [-0.2, 0) is 10.9 Å². The van der Waals surface area contributed by atoms with E-state index in [0.29, 0.717) is 43.9 Å². The Morgan fingerprint density at radius 1 is 0.867 bits per heavy atom. The van der Waals surface area contributed by atoms with Crippen molar-refractivity contribution in [3.05, 3.63) is 23.5 Å². The van der Waals surface area contributed by atoms with Crippen LogP contribution in [0.1, 0.15) is 36.9 Å². The third kappa shape index (κ3) is 4.63. The highest BCUT2D eigenvalue weighted by molar-refractivity contribution is 5.63. The van der Waals surface area contributed by atoms with Crippen molar-refractivity contribution in [1.82, 2.24) is 19.9 Å². The second kappa shape index (κ2) is 8.71. The van der Waals surface area contributed by atoms with Crippen molar-refractivity contribution in [3.63, 3.8) is 0 Å². The van der Waals surface area contributed by atoms with Gasteiger partial charge in [0.15, 0.2) is 5.82 Å². The van der Waals surface area contributed by atoms with Crippen molar-refractivity contribution < 1.29 is 17.9 Å². The monoisotopic (exact) mass is 422 g/mol. The lowest BCUT2D eigenvalue weighted by atomic mass is 10.1. The molecule has 2 aromatic rings. The van der Waals surface area contributed by atoms with Crippen LogP contribution in [0, 0.1) is 6.92 Å². The minimum absolute atomic E-state index is 0.00515. The summed E-state index contributed by atoms with van der Waals surface area (Å²) in [4.78, 5) is 21.6. The summed E-state index contributed by atoms with van der Waals surface area (Å²) in [7, 11) is 0. The topological polar surface area (TPSA) is 67.3 Å². The van der Waals surface area contributed by atoms with Gasteiger partial charge in [0.05, 0.1) is 24.3 Å². The second-order valence-corrected chi connectivity index (χ2v) is 7.63. The Morgan fingerprint density at radius 2 is 1.47 bits per heavy atom. The molecule has 0 aliphatic carbocycles. The van der Waals surface area contributed by atoms with Crippen molar-refractivity contribution in [2.24, 2.45) is 0 Å². The first-order valence-corrected chi connectivity index (χ1v) is 10.3. The molecule has 0 saturated carbocycles. The summed E-state index contributed by atoms with van der Waals surface area (Å²) in [6.07, 6.45) is 0.956. The molecule has 0 amide bonds. The van der Waals surface area contributed by atoms with Gasteiger partial charge in [0.25, 0.3) is 0 Å². The Hall–Kier alpha value is -2.49. The third-order valence-electron chi connectivity index (χ3n) is 5.38. The largest absolute Gasteiger partial charge is 0.417 e. The number of rotatable bonds is 3. The van der Waals surface area contributed by atoms with Crippen LogP contribution in [0.4, 0.5) is 25.1 Å². The molecule has 0 spiro atoms. The fourth-order valence-corrected chi connectivity index (χ4v) is 3.76. The first-order chi connectivity index (χ1) is 14.4. The van der Waals surface area contributed by atoms with Gasteiger partial charge in [-0.1, -0.05) is 12.8 Å². The predicted molar refractivity (Wildman–Crippen MR) is 107 cm³/mol. The molecular formula is C20H25F3N6O. The highest BCUT2D eigenvalue weighted by atomic mass is 19.4. The highest BCUT2D eigenvalue weighted by Crippen LogP contribution is 2.36. The van der Waals surface area contributed by atoms with Gasteiger partial charge in [0.2, 0.25) is 11.9 Å². The summed E-state index contributed by atoms with van der Waals surface area (Å²) in [5.41, 5.74) is -0.613. The molecule has 2 saturated heterocycles. The van der Waals surface area contributed by atoms with Crippen LogP contribution >= 0.6 is 0 Å². The molecule has 7 nitrogen and oxygen atoms in total. The lowest BCUT2D eigenvalue weighted by Crippen LogP contribution is -2.38. The summed E-state index contributed by atoms with van der Waals surface area (Å²) < 4.78 is 46.6. The average Bonchev–Trinajstić information content (AvgIpc) is 3.03. The Bertz CT molecular complexity index is 877. The maximum Gasteiger partial charge on any atom is 0.417 e. The van der Waals surface area contributed by atoms with Crippen molar-refractivity contribution in [2.75, 3.05) is 49.2 Å². The van der Waals surface area contributed by atoms with E-state index in [1.54, 1.807) is 0 Å². The summed E-state index contributed by atoms with van der Waals surface area (Å²) in [5.74, 6) is 0.818. The lowest BCUT2D eigenvalue weighted by Gasteiger charge is -2.28. The lowest BCUT2D eigenvalue weighted by molar-refractivity contribution is -0.137. The molecule has 2 aliphatic rings. The van der Waals surface area contributed by atoms with E-state index in [0.717, 1.165) is 44.8 Å². The van der Waals surface area contributed by atoms with Gasteiger partial charge >= 0.3 is 6.18 Å². The van der Waals surface area contributed by atoms with E-state index in [-0.39, 0.29) is 11.4 Å². The van der Waals surface area contributed by atoms with Gasteiger partial charge in [-0.15, -0.1) is 0 Å². The number of hydrogen-bond acceptors (Lipinski definition) is 7. The molecule has 2 fully saturated rings. The van der Waals surface area contributed by atoms with Gasteiger partial charge in [0.1, 0.15) is 0 Å². The van der Waals surface area contributed by atoms with Crippen molar-refractivity contribution in [1.29, 1.82) is 0 Å². The number of aromatic nitrogens is 4. The number of ether oxygens (including phenoxy) is 1. The van der Waals surface area contributed by atoms with Crippen LogP contribution < -0.4 is 9.80 Å². The molecule has 4 heterocycles. The number of halogens is 3. The van der Waals surface area contributed by atoms with Crippen molar-refractivity contribution in [3.8, 4) is 11.4 Å². The zero-order valence-electron chi connectivity index (χ0n) is 17.0. The summed E-state index contributed by atoms with van der Waals surface area (Å²) in [5, 5.41) is 0. The quantitative estimate of drug-likeness (QED) is 0.750. The van der Waals surface area contributed by atoms with Gasteiger partial charge < -0.3 is 14.5 Å². The van der Waals surface area contributed by atoms with Gasteiger partial charge in [-0.05, 0) is 25.8 Å². The summed E-state index contributed by atoms with van der Waals surface area (Å²) >= 11 is 0. The van der Waals surface area contributed by atoms with Gasteiger partial charge in [-0.3, -0.25) is 4.98 Å². The molecule has 2 aliphatic heterocycles. The number of alkyl halides is 3. The number of hydrogen-bond donors (Lipinski definition) is 0. The standard InChI is InChI=1S/C20H25F3N6O/c1-14-12-16(20(21,22)23)15(13-24-14)17-25-18(28-6-4-2-3-5-7-28)27-19(26-17)29-8-10-30-11-9-29/h12-13H,2-11H2,1H3. The molecule has 30 heavy (non-hydrogen) atoms. The van der Waals surface area contributed by atoms with Gasteiger partial charge in [0, 0.05) is 38.1 Å². The van der Waals surface area contributed by atoms with Crippen molar-refractivity contribution in [2.45, 2.75) is 38.8 Å². The van der Waals surface area contributed by atoms with Gasteiger partial charge in [-0.2, -0.15) is 28.1 Å². The minimum atomic E-state index is -4.53. The SMILES string of the molecule is Cc1cc(C(F)(F)F)c(-c2nc(N3CCCCCC3)nc(N3CCOCC3)n2)cn1. The normalized spacial score (nSPS) is 18.4. The zero-order valence-corrected chi connectivity index (χ0v) is 17.0. The molecule has 0 atom stereocenters. The Morgan fingerprint density at radius 3 is 2.07 bits per heavy atom. The molecule has 2 aromatic heterocycles. The van der Waals surface area contributed by atoms with Crippen LogP contribution in [0.15, 0.2) is 12.3 Å². The molecule has 0 aromatic carbocycles. The van der Waals surface area contributed by atoms with Crippen LogP contribution in [-0.4, -0.2) is 59.3 Å². The smallest absolute Gasteiger partial charge is 0.378 e. The first-order valence-electron chi connectivity index (χ1n) is 10.3. The van der Waals surface area contributed by atoms with Gasteiger partial charge in [-0.25, -0.2) is 0 Å². The maximum atomic E-state index is 13.7. The Kier molecular flexibility index (Phi) is 6.03. The van der Waals surface area contributed by atoms with Crippen LogP contribution in [0.3, 0.4) is 0 Å². The number of pyridine rings is 1. The Labute approximate surface area is 173 Å². The number of aryl methyl sites for hydroxylation is 1. The van der Waals surface area contributed by atoms with Crippen LogP contribution in [0.2, 0.25) is 0 Å². The molecule has 162 valence electrons. The average molecular weight is 422 g/mol. The second-order valence-electron chi connectivity index (χ2n) is 7.63. The molecule has 0 radical (unpaired) electrons. The first kappa shape index (κ1) is 20.8. The molecular weight excluding hydrogens is 397 g/mol. The van der Waals surface area contributed by atoms with E-state index in [1.165, 1.54) is 13.1 Å². The summed E-state index contributed by atoms with van der Waals surface area (Å²) in [6, 6.07) is 1.04. The van der Waals surface area contributed by atoms with Crippen LogP contribution in [0.5, 0.6) is 0 Å². The zero-order chi connectivity index (χ0) is 21.1. The third-order valence-corrected chi connectivity index (χ3v) is 5.38. The fourth-order valence-electron chi connectivity index (χ4n) is 3.76. The molecule has 0 bridgehead atoms. The Balaban J connectivity index is 1.82. The highest BCUT2D eigenvalue weighted by Gasteiger charge is 2.35. The minimum Gasteiger partial charge on any atom is -0.378 e. The number of morpholine rings is 1. The van der Waals surface area contributed by atoms with Crippen LogP contribution in [0.25, 0.3) is 11.4 Å². The van der Waals surface area contributed by atoms with E-state index >= 15 is 0 Å². The number of anilines is 2. The molecule has 4 rings (SSSR count).